The van der Waals surface area contributed by atoms with Gasteiger partial charge in [-0.2, -0.15) is 5.10 Å². The summed E-state index contributed by atoms with van der Waals surface area (Å²) >= 11 is 0. The largest absolute Gasteiger partial charge is 0.384 e. The van der Waals surface area contributed by atoms with E-state index in [1.165, 1.54) is 0 Å². The minimum Gasteiger partial charge on any atom is -0.384 e. The second-order valence-electron chi connectivity index (χ2n) is 5.64. The van der Waals surface area contributed by atoms with E-state index in [1.54, 1.807) is 7.11 Å². The molecule has 0 radical (unpaired) electrons. The molecule has 2 aromatic heterocycles. The van der Waals surface area contributed by atoms with Gasteiger partial charge in [0, 0.05) is 31.8 Å². The SMILES string of the molecule is COC[C@@H]1CCN(c2ccc(-n3nc(C)cc3C)nn2)C1. The normalized spacial score (nSPS) is 18.4. The van der Waals surface area contributed by atoms with Crippen molar-refractivity contribution >= 4 is 5.82 Å². The molecule has 0 N–H and O–H groups in total. The number of ether oxygens (including phenoxy) is 1. The van der Waals surface area contributed by atoms with Crippen LogP contribution in [0.2, 0.25) is 0 Å². The first-order valence-corrected chi connectivity index (χ1v) is 7.28. The van der Waals surface area contributed by atoms with Crippen molar-refractivity contribution < 1.29 is 4.74 Å². The van der Waals surface area contributed by atoms with Gasteiger partial charge in [-0.25, -0.2) is 4.68 Å². The summed E-state index contributed by atoms with van der Waals surface area (Å²) in [4.78, 5) is 2.27. The van der Waals surface area contributed by atoms with Gasteiger partial charge < -0.3 is 9.64 Å². The first kappa shape index (κ1) is 14.0. The Hall–Kier alpha value is -1.95. The van der Waals surface area contributed by atoms with Crippen LogP contribution in [0.5, 0.6) is 0 Å². The molecule has 0 aliphatic carbocycles. The number of methoxy groups -OCH3 is 1. The van der Waals surface area contributed by atoms with Crippen LogP contribution in [0, 0.1) is 19.8 Å². The molecule has 1 aliphatic heterocycles. The average Bonchev–Trinajstić information content (AvgIpc) is 3.06. The lowest BCUT2D eigenvalue weighted by Gasteiger charge is -2.16. The van der Waals surface area contributed by atoms with Crippen LogP contribution in [0.15, 0.2) is 18.2 Å². The Kier molecular flexibility index (Phi) is 3.88. The van der Waals surface area contributed by atoms with Crippen LogP contribution in [0.4, 0.5) is 5.82 Å². The fourth-order valence-electron chi connectivity index (χ4n) is 2.87. The molecule has 0 unspecified atom stereocenters. The van der Waals surface area contributed by atoms with Crippen molar-refractivity contribution in [1.29, 1.82) is 0 Å². The second kappa shape index (κ2) is 5.81. The molecule has 1 aliphatic rings. The smallest absolute Gasteiger partial charge is 0.176 e. The number of aromatic nitrogens is 4. The number of hydrogen-bond donors (Lipinski definition) is 0. The van der Waals surface area contributed by atoms with Gasteiger partial charge in [-0.1, -0.05) is 0 Å². The van der Waals surface area contributed by atoms with Crippen LogP contribution in [-0.4, -0.2) is 46.8 Å². The van der Waals surface area contributed by atoms with E-state index >= 15 is 0 Å². The third-order valence-electron chi connectivity index (χ3n) is 3.88. The molecule has 0 bridgehead atoms. The molecule has 21 heavy (non-hydrogen) atoms. The van der Waals surface area contributed by atoms with Crippen molar-refractivity contribution in [3.8, 4) is 5.82 Å². The molecule has 3 rings (SSSR count). The average molecular weight is 287 g/mol. The second-order valence-corrected chi connectivity index (χ2v) is 5.64. The Labute approximate surface area is 124 Å². The predicted octanol–water partition coefficient (Wildman–Crippen LogP) is 1.75. The highest BCUT2D eigenvalue weighted by Crippen LogP contribution is 2.22. The molecular formula is C15H21N5O. The fraction of sp³-hybridized carbons (Fsp3) is 0.533. The third kappa shape index (κ3) is 2.90. The standard InChI is InChI=1S/C15H21N5O/c1-11-8-12(2)20(18-11)15-5-4-14(16-17-15)19-7-6-13(9-19)10-21-3/h4-5,8,13H,6-7,9-10H2,1-3H3/t13-/m1/s1. The fourth-order valence-corrected chi connectivity index (χ4v) is 2.87. The van der Waals surface area contributed by atoms with Gasteiger partial charge >= 0.3 is 0 Å². The molecule has 1 fully saturated rings. The van der Waals surface area contributed by atoms with Gasteiger partial charge in [-0.05, 0) is 38.5 Å². The zero-order valence-electron chi connectivity index (χ0n) is 12.8. The van der Waals surface area contributed by atoms with Gasteiger partial charge in [0.1, 0.15) is 0 Å². The topological polar surface area (TPSA) is 56.1 Å². The third-order valence-corrected chi connectivity index (χ3v) is 3.88. The number of rotatable bonds is 4. The van der Waals surface area contributed by atoms with E-state index in [9.17, 15) is 0 Å². The van der Waals surface area contributed by atoms with Crippen molar-refractivity contribution in [2.45, 2.75) is 20.3 Å². The Bertz CT molecular complexity index is 607. The molecule has 3 heterocycles. The zero-order chi connectivity index (χ0) is 14.8. The number of nitrogens with zero attached hydrogens (tertiary/aromatic N) is 5. The van der Waals surface area contributed by atoms with E-state index in [1.807, 2.05) is 36.7 Å². The van der Waals surface area contributed by atoms with Crippen molar-refractivity contribution in [1.82, 2.24) is 20.0 Å². The highest BCUT2D eigenvalue weighted by Gasteiger charge is 2.23. The molecular weight excluding hydrogens is 266 g/mol. The highest BCUT2D eigenvalue weighted by atomic mass is 16.5. The summed E-state index contributed by atoms with van der Waals surface area (Å²) in [7, 11) is 1.76. The Morgan fingerprint density at radius 2 is 2.00 bits per heavy atom. The van der Waals surface area contributed by atoms with Gasteiger partial charge in [0.15, 0.2) is 11.6 Å². The molecule has 1 saturated heterocycles. The van der Waals surface area contributed by atoms with Crippen LogP contribution < -0.4 is 4.90 Å². The summed E-state index contributed by atoms with van der Waals surface area (Å²) in [5.74, 6) is 2.28. The summed E-state index contributed by atoms with van der Waals surface area (Å²) in [6.45, 7) is 6.81. The highest BCUT2D eigenvalue weighted by molar-refractivity contribution is 5.41. The van der Waals surface area contributed by atoms with Gasteiger partial charge in [0.05, 0.1) is 12.3 Å². The monoisotopic (exact) mass is 287 g/mol. The molecule has 112 valence electrons. The van der Waals surface area contributed by atoms with Crippen LogP contribution in [-0.2, 0) is 4.74 Å². The van der Waals surface area contributed by atoms with Crippen molar-refractivity contribution in [3.05, 3.63) is 29.6 Å². The minimum atomic E-state index is 0.590. The number of hydrogen-bond acceptors (Lipinski definition) is 5. The maximum Gasteiger partial charge on any atom is 0.176 e. The van der Waals surface area contributed by atoms with E-state index in [2.05, 4.69) is 20.2 Å². The maximum absolute atomic E-state index is 5.23. The van der Waals surface area contributed by atoms with E-state index in [0.29, 0.717) is 5.92 Å². The molecule has 6 heteroatoms. The maximum atomic E-state index is 5.23. The summed E-state index contributed by atoms with van der Waals surface area (Å²) in [6.07, 6.45) is 1.15. The van der Waals surface area contributed by atoms with Crippen LogP contribution in [0.1, 0.15) is 17.8 Å². The van der Waals surface area contributed by atoms with Crippen LogP contribution in [0.25, 0.3) is 5.82 Å². The van der Waals surface area contributed by atoms with Gasteiger partial charge in [0.25, 0.3) is 0 Å². The molecule has 0 spiro atoms. The van der Waals surface area contributed by atoms with E-state index < -0.39 is 0 Å². The molecule has 1 atom stereocenters. The van der Waals surface area contributed by atoms with Crippen molar-refractivity contribution in [2.75, 3.05) is 31.7 Å². The van der Waals surface area contributed by atoms with Gasteiger partial charge in [-0.3, -0.25) is 0 Å². The summed E-state index contributed by atoms with van der Waals surface area (Å²) in [5, 5.41) is 13.1. The Balaban J connectivity index is 1.74. The number of aryl methyl sites for hydroxylation is 2. The van der Waals surface area contributed by atoms with Gasteiger partial charge in [0.2, 0.25) is 0 Å². The summed E-state index contributed by atoms with van der Waals surface area (Å²) in [6, 6.07) is 6.03. The quantitative estimate of drug-likeness (QED) is 0.857. The Morgan fingerprint density at radius 1 is 1.24 bits per heavy atom. The summed E-state index contributed by atoms with van der Waals surface area (Å²) in [5.41, 5.74) is 2.05. The molecule has 0 aromatic carbocycles. The lowest BCUT2D eigenvalue weighted by atomic mass is 10.1. The van der Waals surface area contributed by atoms with E-state index in [-0.39, 0.29) is 0 Å². The molecule has 6 nitrogen and oxygen atoms in total. The zero-order valence-corrected chi connectivity index (χ0v) is 12.8. The number of anilines is 1. The van der Waals surface area contributed by atoms with Crippen LogP contribution >= 0.6 is 0 Å². The first-order valence-electron chi connectivity index (χ1n) is 7.28. The molecule has 0 saturated carbocycles. The van der Waals surface area contributed by atoms with Crippen molar-refractivity contribution in [3.63, 3.8) is 0 Å². The predicted molar refractivity (Wildman–Crippen MR) is 80.8 cm³/mol. The molecule has 0 amide bonds. The van der Waals surface area contributed by atoms with Crippen LogP contribution in [0.3, 0.4) is 0 Å². The lowest BCUT2D eigenvalue weighted by Crippen LogP contribution is -2.22. The Morgan fingerprint density at radius 3 is 2.62 bits per heavy atom. The van der Waals surface area contributed by atoms with Gasteiger partial charge in [-0.15, -0.1) is 10.2 Å². The summed E-state index contributed by atoms with van der Waals surface area (Å²) < 4.78 is 7.05. The van der Waals surface area contributed by atoms with E-state index in [0.717, 1.165) is 49.1 Å². The van der Waals surface area contributed by atoms with E-state index in [4.69, 9.17) is 4.74 Å². The molecule has 2 aromatic rings. The minimum absolute atomic E-state index is 0.590. The lowest BCUT2D eigenvalue weighted by molar-refractivity contribution is 0.161. The first-order chi connectivity index (χ1) is 10.2. The van der Waals surface area contributed by atoms with Crippen molar-refractivity contribution in [2.24, 2.45) is 5.92 Å².